The van der Waals surface area contributed by atoms with Crippen molar-refractivity contribution < 1.29 is 14.0 Å². The van der Waals surface area contributed by atoms with Crippen LogP contribution in [0.3, 0.4) is 0 Å². The zero-order valence-corrected chi connectivity index (χ0v) is 13.7. The van der Waals surface area contributed by atoms with E-state index < -0.39 is 17.6 Å². The van der Waals surface area contributed by atoms with E-state index in [9.17, 15) is 14.0 Å². The van der Waals surface area contributed by atoms with Crippen LogP contribution in [0.1, 0.15) is 20.7 Å². The molecule has 0 fully saturated rings. The topological polar surface area (TPSA) is 63.4 Å². The van der Waals surface area contributed by atoms with Crippen LogP contribution in [0.15, 0.2) is 51.4 Å². The van der Waals surface area contributed by atoms with Crippen molar-refractivity contribution in [3.63, 3.8) is 0 Å². The predicted octanol–water partition coefficient (Wildman–Crippen LogP) is 3.51. The molecule has 21 heavy (non-hydrogen) atoms. The number of benzene rings is 2. The average Bonchev–Trinajstić information content (AvgIpc) is 2.46. The SMILES string of the molecule is NN(C(=O)c1ccc(Br)cc1)C(=O)c1ccc(Br)cc1F. The molecule has 0 atom stereocenters. The first-order valence-electron chi connectivity index (χ1n) is 5.74. The van der Waals surface area contributed by atoms with Crippen molar-refractivity contribution in [3.05, 3.63) is 68.4 Å². The van der Waals surface area contributed by atoms with Crippen LogP contribution in [-0.2, 0) is 0 Å². The Labute approximate surface area is 137 Å². The summed E-state index contributed by atoms with van der Waals surface area (Å²) >= 11 is 6.32. The lowest BCUT2D eigenvalue weighted by Gasteiger charge is -2.15. The van der Waals surface area contributed by atoms with Gasteiger partial charge in [-0.1, -0.05) is 31.9 Å². The molecular formula is C14H9Br2FN2O2. The maximum absolute atomic E-state index is 13.7. The van der Waals surface area contributed by atoms with E-state index >= 15 is 0 Å². The van der Waals surface area contributed by atoms with Gasteiger partial charge in [0.25, 0.3) is 11.8 Å². The third-order valence-corrected chi connectivity index (χ3v) is 3.71. The Hall–Kier alpha value is -1.57. The van der Waals surface area contributed by atoms with Crippen LogP contribution in [0.4, 0.5) is 4.39 Å². The Bertz CT molecular complexity index is 705. The maximum atomic E-state index is 13.7. The number of carbonyl (C=O) groups is 2. The van der Waals surface area contributed by atoms with E-state index in [1.165, 1.54) is 24.3 Å². The van der Waals surface area contributed by atoms with Gasteiger partial charge in [0.05, 0.1) is 5.56 Å². The molecule has 4 nitrogen and oxygen atoms in total. The fourth-order valence-electron chi connectivity index (χ4n) is 1.62. The molecule has 0 spiro atoms. The van der Waals surface area contributed by atoms with Crippen molar-refractivity contribution in [2.24, 2.45) is 5.84 Å². The highest BCUT2D eigenvalue weighted by Gasteiger charge is 2.23. The Morgan fingerprint density at radius 2 is 1.52 bits per heavy atom. The standard InChI is InChI=1S/C14H9Br2FN2O2/c15-9-3-1-8(2-4-9)13(20)19(18)14(21)11-6-5-10(16)7-12(11)17/h1-7H,18H2. The second-order valence-electron chi connectivity index (χ2n) is 4.11. The van der Waals surface area contributed by atoms with Crippen LogP contribution in [-0.4, -0.2) is 16.8 Å². The first kappa shape index (κ1) is 15.8. The highest BCUT2D eigenvalue weighted by molar-refractivity contribution is 9.10. The van der Waals surface area contributed by atoms with Gasteiger partial charge in [-0.15, -0.1) is 0 Å². The van der Waals surface area contributed by atoms with Gasteiger partial charge < -0.3 is 0 Å². The molecule has 2 aromatic rings. The van der Waals surface area contributed by atoms with Crippen LogP contribution in [0, 0.1) is 5.82 Å². The number of nitrogens with zero attached hydrogens (tertiary/aromatic N) is 1. The molecule has 2 rings (SSSR count). The summed E-state index contributed by atoms with van der Waals surface area (Å²) in [6.45, 7) is 0. The summed E-state index contributed by atoms with van der Waals surface area (Å²) in [5.74, 6) is 3.14. The van der Waals surface area contributed by atoms with Gasteiger partial charge in [0, 0.05) is 14.5 Å². The number of amides is 2. The molecular weight excluding hydrogens is 407 g/mol. The van der Waals surface area contributed by atoms with Gasteiger partial charge in [0.2, 0.25) is 0 Å². The van der Waals surface area contributed by atoms with Gasteiger partial charge >= 0.3 is 0 Å². The van der Waals surface area contributed by atoms with Gasteiger partial charge in [-0.25, -0.2) is 15.2 Å². The van der Waals surface area contributed by atoms with Crippen molar-refractivity contribution in [1.82, 2.24) is 5.01 Å². The van der Waals surface area contributed by atoms with Crippen LogP contribution in [0.25, 0.3) is 0 Å². The van der Waals surface area contributed by atoms with Crippen molar-refractivity contribution >= 4 is 43.7 Å². The molecule has 0 saturated carbocycles. The molecule has 0 aliphatic heterocycles. The Balaban J connectivity index is 2.26. The fraction of sp³-hybridized carbons (Fsp3) is 0. The molecule has 0 radical (unpaired) electrons. The minimum atomic E-state index is -0.909. The Morgan fingerprint density at radius 1 is 0.952 bits per heavy atom. The van der Waals surface area contributed by atoms with E-state index in [4.69, 9.17) is 5.84 Å². The van der Waals surface area contributed by atoms with E-state index in [0.717, 1.165) is 10.5 Å². The summed E-state index contributed by atoms with van der Waals surface area (Å²) < 4.78 is 15.0. The molecule has 0 heterocycles. The number of hydrazine groups is 1. The van der Waals surface area contributed by atoms with Gasteiger partial charge in [0.1, 0.15) is 5.82 Å². The van der Waals surface area contributed by atoms with E-state index in [0.29, 0.717) is 9.48 Å². The van der Waals surface area contributed by atoms with Crippen molar-refractivity contribution in [1.29, 1.82) is 0 Å². The summed E-state index contributed by atoms with van der Waals surface area (Å²) in [4.78, 5) is 24.2. The highest BCUT2D eigenvalue weighted by Crippen LogP contribution is 2.17. The molecule has 0 saturated heterocycles. The summed E-state index contributed by atoms with van der Waals surface area (Å²) in [5.41, 5.74) is -0.0438. The summed E-state index contributed by atoms with van der Waals surface area (Å²) in [5, 5.41) is 0.398. The van der Waals surface area contributed by atoms with E-state index in [1.807, 2.05) is 0 Å². The summed E-state index contributed by atoms with van der Waals surface area (Å²) in [6, 6.07) is 10.2. The van der Waals surface area contributed by atoms with Crippen molar-refractivity contribution in [2.75, 3.05) is 0 Å². The number of hydrogen-bond donors (Lipinski definition) is 1. The maximum Gasteiger partial charge on any atom is 0.278 e. The molecule has 2 aromatic carbocycles. The van der Waals surface area contributed by atoms with Crippen LogP contribution >= 0.6 is 31.9 Å². The summed E-state index contributed by atoms with van der Waals surface area (Å²) in [6.07, 6.45) is 0. The Kier molecular flexibility index (Phi) is 4.87. The highest BCUT2D eigenvalue weighted by atomic mass is 79.9. The molecule has 0 aliphatic rings. The first-order valence-corrected chi connectivity index (χ1v) is 7.33. The van der Waals surface area contributed by atoms with Crippen LogP contribution in [0.5, 0.6) is 0 Å². The number of hydrogen-bond acceptors (Lipinski definition) is 3. The smallest absolute Gasteiger partial charge is 0.267 e. The molecule has 7 heteroatoms. The summed E-state index contributed by atoms with van der Waals surface area (Å²) in [7, 11) is 0. The first-order chi connectivity index (χ1) is 9.90. The lowest BCUT2D eigenvalue weighted by atomic mass is 10.1. The average molecular weight is 416 g/mol. The third kappa shape index (κ3) is 3.55. The normalized spacial score (nSPS) is 10.3. The third-order valence-electron chi connectivity index (χ3n) is 2.69. The lowest BCUT2D eigenvalue weighted by molar-refractivity contribution is 0.0613. The monoisotopic (exact) mass is 414 g/mol. The van der Waals surface area contributed by atoms with Crippen molar-refractivity contribution in [3.8, 4) is 0 Å². The number of carbonyl (C=O) groups excluding carboxylic acids is 2. The fourth-order valence-corrected chi connectivity index (χ4v) is 2.21. The largest absolute Gasteiger partial charge is 0.278 e. The molecule has 0 aliphatic carbocycles. The van der Waals surface area contributed by atoms with Crippen molar-refractivity contribution in [2.45, 2.75) is 0 Å². The number of imide groups is 1. The second kappa shape index (κ2) is 6.46. The second-order valence-corrected chi connectivity index (χ2v) is 5.94. The minimum Gasteiger partial charge on any atom is -0.267 e. The van der Waals surface area contributed by atoms with Gasteiger partial charge in [-0.2, -0.15) is 0 Å². The van der Waals surface area contributed by atoms with Gasteiger partial charge in [-0.05, 0) is 42.5 Å². The molecule has 108 valence electrons. The zero-order chi connectivity index (χ0) is 15.6. The zero-order valence-electron chi connectivity index (χ0n) is 10.5. The quantitative estimate of drug-likeness (QED) is 0.353. The molecule has 0 bridgehead atoms. The number of halogens is 3. The number of nitrogens with two attached hydrogens (primary N) is 1. The molecule has 0 unspecified atom stereocenters. The molecule has 2 N–H and O–H groups in total. The molecule has 0 aromatic heterocycles. The lowest BCUT2D eigenvalue weighted by Crippen LogP contribution is -2.43. The Morgan fingerprint density at radius 3 is 2.10 bits per heavy atom. The van der Waals surface area contributed by atoms with E-state index in [-0.39, 0.29) is 11.1 Å². The minimum absolute atomic E-state index is 0.228. The van der Waals surface area contributed by atoms with Crippen LogP contribution < -0.4 is 5.84 Å². The van der Waals surface area contributed by atoms with E-state index in [2.05, 4.69) is 31.9 Å². The van der Waals surface area contributed by atoms with Gasteiger partial charge in [-0.3, -0.25) is 9.59 Å². The predicted molar refractivity (Wildman–Crippen MR) is 82.9 cm³/mol. The number of rotatable bonds is 2. The van der Waals surface area contributed by atoms with Gasteiger partial charge in [0.15, 0.2) is 0 Å². The van der Waals surface area contributed by atoms with Crippen LogP contribution in [0.2, 0.25) is 0 Å². The van der Waals surface area contributed by atoms with E-state index in [1.54, 1.807) is 12.1 Å². The molecule has 2 amide bonds.